The molecule has 0 aromatic carbocycles. The Bertz CT molecular complexity index is 944. The van der Waals surface area contributed by atoms with E-state index >= 15 is 0 Å². The quantitative estimate of drug-likeness (QED) is 0.0366. The van der Waals surface area contributed by atoms with Crippen molar-refractivity contribution in [2.24, 2.45) is 0 Å². The Kier molecular flexibility index (Phi) is 30.5. The second-order valence-corrected chi connectivity index (χ2v) is 15.6. The summed E-state index contributed by atoms with van der Waals surface area (Å²) in [4.78, 5) is 24.6. The van der Waals surface area contributed by atoms with E-state index in [2.05, 4.69) is 19.2 Å². The fraction of sp³-hybridized carbons (Fsp3) is 0.952. The van der Waals surface area contributed by atoms with Crippen LogP contribution in [0.25, 0.3) is 0 Å². The van der Waals surface area contributed by atoms with Gasteiger partial charge in [0.05, 0.1) is 25.9 Å². The number of carbonyl (C=O) groups is 2. The van der Waals surface area contributed by atoms with Gasteiger partial charge in [0.2, 0.25) is 5.91 Å². The van der Waals surface area contributed by atoms with Crippen LogP contribution in [0.15, 0.2) is 0 Å². The van der Waals surface area contributed by atoms with E-state index in [1.165, 1.54) is 116 Å². The second kappa shape index (κ2) is 32.5. The van der Waals surface area contributed by atoms with E-state index in [0.717, 1.165) is 45.4 Å². The van der Waals surface area contributed by atoms with Gasteiger partial charge in [-0.05, 0) is 12.8 Å². The van der Waals surface area contributed by atoms with Crippen molar-refractivity contribution in [1.29, 1.82) is 0 Å². The largest absolute Gasteiger partial charge is 0.477 e. The third-order valence-electron chi connectivity index (χ3n) is 10.6. The zero-order valence-corrected chi connectivity index (χ0v) is 34.7. The Morgan fingerprint density at radius 1 is 0.691 bits per heavy atom. The smallest absolute Gasteiger partial charge is 0.367 e. The number of hydrogen-bond donors (Lipinski definition) is 7. The van der Waals surface area contributed by atoms with Gasteiger partial charge in [-0.25, -0.2) is 4.79 Å². The van der Waals surface area contributed by atoms with Crippen molar-refractivity contribution in [3.8, 4) is 0 Å². The topological polar surface area (TPSA) is 204 Å². The average molecular weight is 792 g/mol. The molecule has 1 aliphatic rings. The lowest BCUT2D eigenvalue weighted by Crippen LogP contribution is -2.74. The van der Waals surface area contributed by atoms with Gasteiger partial charge in [0, 0.05) is 20.1 Å². The van der Waals surface area contributed by atoms with E-state index in [1.807, 2.05) is 0 Å². The molecule has 0 radical (unpaired) electrons. The molecule has 1 rings (SSSR count). The van der Waals surface area contributed by atoms with Gasteiger partial charge in [-0.2, -0.15) is 0 Å². The Morgan fingerprint density at radius 3 is 1.55 bits per heavy atom. The highest BCUT2D eigenvalue weighted by atomic mass is 16.7. The third kappa shape index (κ3) is 21.8. The monoisotopic (exact) mass is 792 g/mol. The summed E-state index contributed by atoms with van der Waals surface area (Å²) in [6.45, 7) is 5.24. The molecule has 55 heavy (non-hydrogen) atoms. The molecule has 0 spiro atoms. The number of aliphatic hydroxyl groups excluding tert-OH is 5. The van der Waals surface area contributed by atoms with Crippen molar-refractivity contribution >= 4 is 11.9 Å². The van der Waals surface area contributed by atoms with Gasteiger partial charge in [-0.15, -0.1) is 0 Å². The molecule has 0 saturated carbocycles. The molecular formula is C42H81NO12. The predicted molar refractivity (Wildman–Crippen MR) is 213 cm³/mol. The van der Waals surface area contributed by atoms with E-state index in [0.29, 0.717) is 13.2 Å². The number of carboxylic acids is 1. The molecule has 0 aromatic rings. The number of carbonyl (C=O) groups excluding carboxylic acids is 1. The highest BCUT2D eigenvalue weighted by Gasteiger charge is 2.62. The first-order chi connectivity index (χ1) is 26.5. The fourth-order valence-corrected chi connectivity index (χ4v) is 7.14. The first-order valence-electron chi connectivity index (χ1n) is 21.9. The molecule has 0 aliphatic carbocycles. The molecule has 0 bridgehead atoms. The number of nitrogens with one attached hydrogen (secondary N) is 1. The zero-order valence-electron chi connectivity index (χ0n) is 34.7. The molecule has 0 unspecified atom stereocenters. The van der Waals surface area contributed by atoms with Crippen LogP contribution in [-0.4, -0.2) is 124 Å². The maximum absolute atomic E-state index is 12.7. The lowest BCUT2D eigenvalue weighted by Gasteiger charge is -2.49. The van der Waals surface area contributed by atoms with Crippen LogP contribution in [0.2, 0.25) is 0 Å². The van der Waals surface area contributed by atoms with Gasteiger partial charge in [0.15, 0.2) is 0 Å². The predicted octanol–water partition coefficient (Wildman–Crippen LogP) is 5.93. The minimum absolute atomic E-state index is 0.0917. The van der Waals surface area contributed by atoms with Crippen molar-refractivity contribution in [2.45, 2.75) is 223 Å². The molecule has 326 valence electrons. The maximum atomic E-state index is 12.7. The van der Waals surface area contributed by atoms with Gasteiger partial charge in [0.25, 0.3) is 5.79 Å². The highest BCUT2D eigenvalue weighted by Crippen LogP contribution is 2.34. The van der Waals surface area contributed by atoms with Crippen LogP contribution in [0.4, 0.5) is 0 Å². The van der Waals surface area contributed by atoms with Crippen molar-refractivity contribution in [2.75, 3.05) is 33.0 Å². The molecule has 13 heteroatoms. The number of hydrogen-bond acceptors (Lipinski definition) is 11. The van der Waals surface area contributed by atoms with E-state index < -0.39 is 73.5 Å². The summed E-state index contributed by atoms with van der Waals surface area (Å²) < 4.78 is 23.5. The summed E-state index contributed by atoms with van der Waals surface area (Å²) in [7, 11) is 0. The summed E-state index contributed by atoms with van der Waals surface area (Å²) in [6.07, 6.45) is 18.6. The molecule has 1 aliphatic heterocycles. The second-order valence-electron chi connectivity index (χ2n) is 15.6. The van der Waals surface area contributed by atoms with E-state index in [4.69, 9.17) is 18.9 Å². The SMILES string of the molecule is CCCCCCCCCCCCCCOC[C@H](CO[C@]1(C(=O)O)O[C@@H]([C@H](O)[C@H](O)CO)[C@H](NC(C)=O)[C@@H](O)[C@@H]1O)OCCCCCCCCCCCCCC. The molecule has 1 fully saturated rings. The highest BCUT2D eigenvalue weighted by molar-refractivity contribution is 5.77. The molecule has 13 nitrogen and oxygen atoms in total. The normalized spacial score (nSPS) is 23.1. The van der Waals surface area contributed by atoms with E-state index in [9.17, 15) is 40.2 Å². The minimum Gasteiger partial charge on any atom is -0.477 e. The lowest BCUT2D eigenvalue weighted by molar-refractivity contribution is -0.351. The lowest BCUT2D eigenvalue weighted by atomic mass is 9.86. The molecule has 7 N–H and O–H groups in total. The van der Waals surface area contributed by atoms with Crippen LogP contribution >= 0.6 is 0 Å². The Morgan fingerprint density at radius 2 is 1.13 bits per heavy atom. The molecule has 1 heterocycles. The van der Waals surface area contributed by atoms with Gasteiger partial charge in [0.1, 0.15) is 36.6 Å². The third-order valence-corrected chi connectivity index (χ3v) is 10.6. The van der Waals surface area contributed by atoms with Gasteiger partial charge in [-0.1, -0.05) is 155 Å². The Labute approximate surface area is 332 Å². The number of unbranched alkanes of at least 4 members (excludes halogenated alkanes) is 22. The van der Waals surface area contributed by atoms with Crippen LogP contribution in [0, 0.1) is 0 Å². The molecule has 1 saturated heterocycles. The van der Waals surface area contributed by atoms with Crippen molar-refractivity contribution in [1.82, 2.24) is 5.32 Å². The summed E-state index contributed by atoms with van der Waals surface area (Å²) in [5.74, 6) is -5.37. The molecule has 1 amide bonds. The van der Waals surface area contributed by atoms with Crippen molar-refractivity contribution in [3.05, 3.63) is 0 Å². The molecular weight excluding hydrogens is 710 g/mol. The minimum atomic E-state index is -2.90. The van der Waals surface area contributed by atoms with Crippen LogP contribution < -0.4 is 5.32 Å². The number of amides is 1. The summed E-state index contributed by atoms with van der Waals surface area (Å²) in [6, 6.07) is -1.53. The summed E-state index contributed by atoms with van der Waals surface area (Å²) in [5, 5.41) is 65.0. The van der Waals surface area contributed by atoms with Crippen LogP contribution in [0.3, 0.4) is 0 Å². The van der Waals surface area contributed by atoms with E-state index in [1.54, 1.807) is 0 Å². The van der Waals surface area contributed by atoms with Crippen LogP contribution in [0.5, 0.6) is 0 Å². The average Bonchev–Trinajstić information content (AvgIpc) is 3.17. The fourth-order valence-electron chi connectivity index (χ4n) is 7.14. The van der Waals surface area contributed by atoms with Crippen molar-refractivity contribution < 1.29 is 59.2 Å². The number of aliphatic carboxylic acids is 1. The first-order valence-corrected chi connectivity index (χ1v) is 21.9. The van der Waals surface area contributed by atoms with E-state index in [-0.39, 0.29) is 6.61 Å². The molecule has 0 aromatic heterocycles. The zero-order chi connectivity index (χ0) is 40.7. The van der Waals surface area contributed by atoms with Crippen LogP contribution in [0.1, 0.15) is 175 Å². The van der Waals surface area contributed by atoms with Gasteiger partial charge < -0.3 is 54.9 Å². The maximum Gasteiger partial charge on any atom is 0.367 e. The molecule has 8 atom stereocenters. The summed E-state index contributed by atoms with van der Waals surface area (Å²) >= 11 is 0. The first kappa shape index (κ1) is 51.6. The Balaban J connectivity index is 2.74. The van der Waals surface area contributed by atoms with Gasteiger partial charge >= 0.3 is 5.97 Å². The number of rotatable bonds is 37. The standard InChI is InChI=1S/C42H81NO12/c1-4-6-8-10-12-14-16-18-20-22-24-26-28-52-31-34(53-29-27-25-23-21-19-17-15-13-11-9-7-5-2)32-54-42(41(50)51)40(49)38(48)36(43-33(3)45)39(55-42)37(47)35(46)30-44/h34-40,44,46-49H,4-32H2,1-3H3,(H,43,45)(H,50,51)/t34-,35-,36-,37-,38-,39-,40+,42+/m1/s1. The Hall–Kier alpha value is -1.42. The number of carboxylic acid groups (broad SMARTS) is 1. The van der Waals surface area contributed by atoms with Gasteiger partial charge in [-0.3, -0.25) is 4.79 Å². The summed E-state index contributed by atoms with van der Waals surface area (Å²) in [5.41, 5.74) is 0. The van der Waals surface area contributed by atoms with Crippen molar-refractivity contribution in [3.63, 3.8) is 0 Å². The number of ether oxygens (including phenoxy) is 4. The van der Waals surface area contributed by atoms with Crippen LogP contribution in [-0.2, 0) is 28.5 Å². The number of aliphatic hydroxyl groups is 5.